The van der Waals surface area contributed by atoms with Gasteiger partial charge in [0.15, 0.2) is 0 Å². The van der Waals surface area contributed by atoms with E-state index in [1.807, 2.05) is 60.8 Å². The molecule has 0 aliphatic carbocycles. The summed E-state index contributed by atoms with van der Waals surface area (Å²) in [5, 5.41) is 7.02. The molecule has 0 aliphatic rings. The highest BCUT2D eigenvalue weighted by atomic mass is 32.1. The van der Waals surface area contributed by atoms with Gasteiger partial charge in [0, 0.05) is 28.2 Å². The van der Waals surface area contributed by atoms with Gasteiger partial charge in [0.25, 0.3) is 5.91 Å². The quantitative estimate of drug-likeness (QED) is 0.423. The predicted molar refractivity (Wildman–Crippen MR) is 109 cm³/mol. The van der Waals surface area contributed by atoms with Gasteiger partial charge in [-0.2, -0.15) is 5.10 Å². The number of nitrogens with one attached hydrogen (secondary N) is 1. The first-order chi connectivity index (χ1) is 13.2. The summed E-state index contributed by atoms with van der Waals surface area (Å²) in [5.41, 5.74) is 6.37. The van der Waals surface area contributed by atoms with Crippen molar-refractivity contribution in [3.05, 3.63) is 82.8 Å². The number of aromatic nitrogens is 2. The van der Waals surface area contributed by atoms with Crippen LogP contribution in [0.25, 0.3) is 22.2 Å². The van der Waals surface area contributed by atoms with Crippen molar-refractivity contribution in [3.8, 4) is 11.3 Å². The SMILES string of the molecule is C/C(=N\NC(=O)c1cc(-c2ccncc2)nc2ccccc12)c1cccs1. The molecule has 1 amide bonds. The normalized spacial score (nSPS) is 11.5. The van der Waals surface area contributed by atoms with E-state index in [-0.39, 0.29) is 5.91 Å². The van der Waals surface area contributed by atoms with Gasteiger partial charge in [0.05, 0.1) is 22.5 Å². The molecule has 0 fully saturated rings. The number of amides is 1. The van der Waals surface area contributed by atoms with E-state index in [2.05, 4.69) is 20.5 Å². The number of rotatable bonds is 4. The Morgan fingerprint density at radius 1 is 1.07 bits per heavy atom. The molecule has 0 radical (unpaired) electrons. The maximum atomic E-state index is 12.9. The van der Waals surface area contributed by atoms with Gasteiger partial charge in [-0.05, 0) is 42.6 Å². The Bertz CT molecular complexity index is 1120. The number of hydrogen-bond donors (Lipinski definition) is 1. The summed E-state index contributed by atoms with van der Waals surface area (Å²) >= 11 is 1.58. The third-order valence-electron chi connectivity index (χ3n) is 4.14. The Balaban J connectivity index is 1.73. The number of pyridine rings is 2. The molecule has 0 spiro atoms. The van der Waals surface area contributed by atoms with E-state index in [1.165, 1.54) is 0 Å². The first kappa shape index (κ1) is 17.1. The molecule has 0 saturated carbocycles. The molecule has 3 heterocycles. The van der Waals surface area contributed by atoms with Gasteiger partial charge in [-0.1, -0.05) is 24.3 Å². The van der Waals surface area contributed by atoms with Gasteiger partial charge in [-0.25, -0.2) is 10.4 Å². The Labute approximate surface area is 160 Å². The topological polar surface area (TPSA) is 67.2 Å². The van der Waals surface area contributed by atoms with Gasteiger partial charge in [0.2, 0.25) is 0 Å². The van der Waals surface area contributed by atoms with Crippen LogP contribution in [0, 0.1) is 0 Å². The average molecular weight is 372 g/mol. The van der Waals surface area contributed by atoms with Crippen molar-refractivity contribution < 1.29 is 4.79 Å². The molecule has 0 atom stereocenters. The van der Waals surface area contributed by atoms with E-state index in [0.717, 1.165) is 32.7 Å². The van der Waals surface area contributed by atoms with Gasteiger partial charge < -0.3 is 0 Å². The lowest BCUT2D eigenvalue weighted by Gasteiger charge is -2.09. The molecule has 6 heteroatoms. The molecular weight excluding hydrogens is 356 g/mol. The second-order valence-corrected chi connectivity index (χ2v) is 6.87. The summed E-state index contributed by atoms with van der Waals surface area (Å²) in [7, 11) is 0. The standard InChI is InChI=1S/C21H16N4OS/c1-14(20-7-4-12-27-20)24-25-21(26)17-13-19(15-8-10-22-11-9-15)23-18-6-3-2-5-16(17)18/h2-13H,1H3,(H,25,26)/b24-14+. The number of fused-ring (bicyclic) bond motifs is 1. The van der Waals surface area contributed by atoms with Crippen LogP contribution < -0.4 is 5.43 Å². The van der Waals surface area contributed by atoms with Crippen LogP contribution in [0.3, 0.4) is 0 Å². The van der Waals surface area contributed by atoms with Crippen LogP contribution in [0.2, 0.25) is 0 Å². The van der Waals surface area contributed by atoms with E-state index < -0.39 is 0 Å². The lowest BCUT2D eigenvalue weighted by molar-refractivity contribution is 0.0956. The zero-order valence-corrected chi connectivity index (χ0v) is 15.4. The number of nitrogens with zero attached hydrogens (tertiary/aromatic N) is 3. The lowest BCUT2D eigenvalue weighted by Crippen LogP contribution is -2.19. The lowest BCUT2D eigenvalue weighted by atomic mass is 10.0. The van der Waals surface area contributed by atoms with Crippen LogP contribution in [0.15, 0.2) is 77.5 Å². The van der Waals surface area contributed by atoms with Crippen molar-refractivity contribution in [1.82, 2.24) is 15.4 Å². The van der Waals surface area contributed by atoms with E-state index in [1.54, 1.807) is 29.8 Å². The molecule has 5 nitrogen and oxygen atoms in total. The molecule has 1 N–H and O–H groups in total. The van der Waals surface area contributed by atoms with Crippen LogP contribution in [-0.4, -0.2) is 21.6 Å². The van der Waals surface area contributed by atoms with Gasteiger partial charge in [0.1, 0.15) is 0 Å². The summed E-state index contributed by atoms with van der Waals surface area (Å²) in [4.78, 5) is 22.6. The summed E-state index contributed by atoms with van der Waals surface area (Å²) in [6.07, 6.45) is 3.42. The molecule has 1 aromatic carbocycles. The second-order valence-electron chi connectivity index (χ2n) is 5.92. The first-order valence-corrected chi connectivity index (χ1v) is 9.29. The fraction of sp³-hybridized carbons (Fsp3) is 0.0476. The minimum atomic E-state index is -0.264. The zero-order valence-electron chi connectivity index (χ0n) is 14.6. The minimum Gasteiger partial charge on any atom is -0.267 e. The Kier molecular flexibility index (Phi) is 4.72. The molecule has 132 valence electrons. The fourth-order valence-electron chi connectivity index (χ4n) is 2.77. The maximum absolute atomic E-state index is 12.9. The van der Waals surface area contributed by atoms with Crippen molar-refractivity contribution in [1.29, 1.82) is 0 Å². The molecule has 27 heavy (non-hydrogen) atoms. The Hall–Kier alpha value is -3.38. The number of benzene rings is 1. The number of hydrogen-bond acceptors (Lipinski definition) is 5. The highest BCUT2D eigenvalue weighted by Crippen LogP contribution is 2.24. The number of hydrazone groups is 1. The van der Waals surface area contributed by atoms with Crippen molar-refractivity contribution >= 4 is 33.9 Å². The third-order valence-corrected chi connectivity index (χ3v) is 5.12. The molecule has 0 saturated heterocycles. The predicted octanol–water partition coefficient (Wildman–Crippen LogP) is 4.51. The minimum absolute atomic E-state index is 0.264. The molecule has 0 aliphatic heterocycles. The van der Waals surface area contributed by atoms with Gasteiger partial charge in [-0.15, -0.1) is 11.3 Å². The molecular formula is C21H16N4OS. The molecule has 0 unspecified atom stereocenters. The van der Waals surface area contributed by atoms with E-state index in [4.69, 9.17) is 0 Å². The van der Waals surface area contributed by atoms with E-state index in [0.29, 0.717) is 5.56 Å². The van der Waals surface area contributed by atoms with E-state index in [9.17, 15) is 4.79 Å². The third kappa shape index (κ3) is 3.61. The number of carbonyl (C=O) groups is 1. The smallest absolute Gasteiger partial charge is 0.267 e. The van der Waals surface area contributed by atoms with Gasteiger partial charge >= 0.3 is 0 Å². The highest BCUT2D eigenvalue weighted by molar-refractivity contribution is 7.12. The van der Waals surface area contributed by atoms with Crippen molar-refractivity contribution in [3.63, 3.8) is 0 Å². The molecule has 4 aromatic rings. The van der Waals surface area contributed by atoms with Crippen LogP contribution in [0.5, 0.6) is 0 Å². The van der Waals surface area contributed by atoms with Crippen molar-refractivity contribution in [2.24, 2.45) is 5.10 Å². The maximum Gasteiger partial charge on any atom is 0.272 e. The fourth-order valence-corrected chi connectivity index (χ4v) is 3.45. The van der Waals surface area contributed by atoms with Crippen LogP contribution >= 0.6 is 11.3 Å². The monoisotopic (exact) mass is 372 g/mol. The van der Waals surface area contributed by atoms with Crippen LogP contribution in [0.4, 0.5) is 0 Å². The van der Waals surface area contributed by atoms with Crippen LogP contribution in [0.1, 0.15) is 22.2 Å². The average Bonchev–Trinajstić information content (AvgIpc) is 3.26. The molecule has 0 bridgehead atoms. The number of carbonyl (C=O) groups excluding carboxylic acids is 1. The number of thiophene rings is 1. The Morgan fingerprint density at radius 3 is 2.67 bits per heavy atom. The zero-order chi connectivity index (χ0) is 18.6. The first-order valence-electron chi connectivity index (χ1n) is 8.41. The molecule has 3 aromatic heterocycles. The largest absolute Gasteiger partial charge is 0.272 e. The summed E-state index contributed by atoms with van der Waals surface area (Å²) in [6.45, 7) is 1.87. The van der Waals surface area contributed by atoms with E-state index >= 15 is 0 Å². The van der Waals surface area contributed by atoms with Gasteiger partial charge in [-0.3, -0.25) is 9.78 Å². The Morgan fingerprint density at radius 2 is 1.89 bits per heavy atom. The summed E-state index contributed by atoms with van der Waals surface area (Å²) in [5.74, 6) is -0.264. The summed E-state index contributed by atoms with van der Waals surface area (Å²) in [6, 6.07) is 17.1. The second kappa shape index (κ2) is 7.47. The highest BCUT2D eigenvalue weighted by Gasteiger charge is 2.14. The number of para-hydroxylation sites is 1. The van der Waals surface area contributed by atoms with Crippen molar-refractivity contribution in [2.75, 3.05) is 0 Å². The van der Waals surface area contributed by atoms with Crippen molar-refractivity contribution in [2.45, 2.75) is 6.92 Å². The molecule has 4 rings (SSSR count). The van der Waals surface area contributed by atoms with Crippen LogP contribution in [-0.2, 0) is 0 Å². The summed E-state index contributed by atoms with van der Waals surface area (Å²) < 4.78 is 0.